The first kappa shape index (κ1) is 22.2. The Hall–Kier alpha value is -2.64. The second-order valence-electron chi connectivity index (χ2n) is 9.93. The number of piperazine rings is 1. The molecule has 7 nitrogen and oxygen atoms in total. The van der Waals surface area contributed by atoms with E-state index in [1.54, 1.807) is 4.90 Å². The Morgan fingerprint density at radius 3 is 2.64 bits per heavy atom. The van der Waals surface area contributed by atoms with E-state index in [1.807, 2.05) is 54.3 Å². The third-order valence-electron chi connectivity index (χ3n) is 7.90. The second-order valence-corrected chi connectivity index (χ2v) is 9.93. The molecule has 1 aliphatic carbocycles. The molecule has 5 rings (SSSR count). The number of hydrogen-bond donors (Lipinski definition) is 2. The van der Waals surface area contributed by atoms with Gasteiger partial charge in [0, 0.05) is 31.6 Å². The number of anilines is 1. The van der Waals surface area contributed by atoms with Crippen molar-refractivity contribution in [2.45, 2.75) is 44.8 Å². The van der Waals surface area contributed by atoms with Crippen LogP contribution >= 0.6 is 0 Å². The summed E-state index contributed by atoms with van der Waals surface area (Å²) in [6.07, 6.45) is 4.13. The van der Waals surface area contributed by atoms with E-state index in [-0.39, 0.29) is 23.5 Å². The molecule has 0 radical (unpaired) electrons. The molecule has 3 amide bonds. The highest BCUT2D eigenvalue weighted by Gasteiger charge is 2.51. The molecule has 7 heteroatoms. The summed E-state index contributed by atoms with van der Waals surface area (Å²) in [4.78, 5) is 31.8. The number of urea groups is 1. The van der Waals surface area contributed by atoms with Gasteiger partial charge in [-0.15, -0.1) is 0 Å². The third-order valence-corrected chi connectivity index (χ3v) is 7.90. The average molecular weight is 451 g/mol. The van der Waals surface area contributed by atoms with Gasteiger partial charge in [0.1, 0.15) is 6.04 Å². The molecule has 2 atom stereocenters. The molecule has 33 heavy (non-hydrogen) atoms. The maximum Gasteiger partial charge on any atom is 0.322 e. The van der Waals surface area contributed by atoms with Crippen molar-refractivity contribution in [1.82, 2.24) is 14.7 Å². The van der Waals surface area contributed by atoms with E-state index in [0.717, 1.165) is 48.9 Å². The number of nitrogens with one attached hydrogen (secondary N) is 1. The summed E-state index contributed by atoms with van der Waals surface area (Å²) in [6, 6.07) is 13.1. The Bertz CT molecular complexity index is 1030. The minimum atomic E-state index is -0.486. The van der Waals surface area contributed by atoms with E-state index >= 15 is 0 Å². The molecule has 2 aromatic rings. The maximum atomic E-state index is 13.0. The molecule has 3 fully saturated rings. The zero-order valence-corrected chi connectivity index (χ0v) is 19.4. The zero-order valence-electron chi connectivity index (χ0n) is 19.4. The van der Waals surface area contributed by atoms with E-state index in [9.17, 15) is 14.7 Å². The maximum absolute atomic E-state index is 13.0. The van der Waals surface area contributed by atoms with E-state index in [2.05, 4.69) is 10.2 Å². The lowest BCUT2D eigenvalue weighted by atomic mass is 9.90. The summed E-state index contributed by atoms with van der Waals surface area (Å²) in [7, 11) is 0. The average Bonchev–Trinajstić information content (AvgIpc) is 3.60. The number of rotatable bonds is 5. The van der Waals surface area contributed by atoms with Crippen LogP contribution in [0.2, 0.25) is 0 Å². The molecule has 0 aromatic heterocycles. The van der Waals surface area contributed by atoms with Gasteiger partial charge in [0.2, 0.25) is 5.91 Å². The number of carbonyl (C=O) groups excluding carboxylic acids is 2. The summed E-state index contributed by atoms with van der Waals surface area (Å²) in [5.41, 5.74) is 0.988. The van der Waals surface area contributed by atoms with E-state index in [0.29, 0.717) is 19.6 Å². The monoisotopic (exact) mass is 450 g/mol. The molecule has 1 spiro atoms. The van der Waals surface area contributed by atoms with Crippen LogP contribution in [0.1, 0.15) is 32.6 Å². The number of aliphatic hydroxyl groups excluding tert-OH is 1. The van der Waals surface area contributed by atoms with E-state index in [1.165, 1.54) is 12.8 Å². The van der Waals surface area contributed by atoms with Crippen LogP contribution in [0.3, 0.4) is 0 Å². The molecule has 2 N–H and O–H groups in total. The highest BCUT2D eigenvalue weighted by atomic mass is 16.3. The van der Waals surface area contributed by atoms with Crippen LogP contribution in [0.25, 0.3) is 10.8 Å². The fraction of sp³-hybridized carbons (Fsp3) is 0.538. The Morgan fingerprint density at radius 2 is 1.85 bits per heavy atom. The highest BCUT2D eigenvalue weighted by Crippen LogP contribution is 2.53. The number of likely N-dealkylation sites (tertiary alicyclic amines) is 1. The first-order chi connectivity index (χ1) is 16.0. The molecule has 2 saturated heterocycles. The van der Waals surface area contributed by atoms with Gasteiger partial charge in [-0.2, -0.15) is 0 Å². The normalized spacial score (nSPS) is 25.0. The van der Waals surface area contributed by atoms with Gasteiger partial charge in [0.25, 0.3) is 0 Å². The number of amides is 3. The lowest BCUT2D eigenvalue weighted by molar-refractivity contribution is -0.139. The first-order valence-electron chi connectivity index (χ1n) is 12.2. The Kier molecular flexibility index (Phi) is 6.01. The largest absolute Gasteiger partial charge is 0.391 e. The van der Waals surface area contributed by atoms with Crippen LogP contribution in [0.4, 0.5) is 10.5 Å². The van der Waals surface area contributed by atoms with Gasteiger partial charge in [-0.1, -0.05) is 36.4 Å². The number of nitrogens with zero attached hydrogens (tertiary/aromatic N) is 3. The smallest absolute Gasteiger partial charge is 0.322 e. The van der Waals surface area contributed by atoms with Crippen molar-refractivity contribution < 1.29 is 14.7 Å². The van der Waals surface area contributed by atoms with Gasteiger partial charge in [-0.3, -0.25) is 4.79 Å². The molecule has 1 saturated carbocycles. The quantitative estimate of drug-likeness (QED) is 0.734. The minimum Gasteiger partial charge on any atom is -0.391 e. The van der Waals surface area contributed by atoms with Crippen LogP contribution in [0, 0.1) is 5.41 Å². The predicted molar refractivity (Wildman–Crippen MR) is 129 cm³/mol. The third kappa shape index (κ3) is 4.44. The molecular weight excluding hydrogens is 416 g/mol. The van der Waals surface area contributed by atoms with Crippen molar-refractivity contribution in [2.24, 2.45) is 5.41 Å². The lowest BCUT2D eigenvalue weighted by Crippen LogP contribution is -2.58. The number of piperidine rings is 1. The fourth-order valence-electron chi connectivity index (χ4n) is 5.46. The minimum absolute atomic E-state index is 0.00457. The molecular formula is C26H34N4O3. The standard InChI is InChI=1S/C26H34N4O3/c1-19-24(32)29(14-5-13-28-15-12-26(10-11-26)23(31)18-28)16-17-30(19)25(33)27-22-9-4-7-20-6-2-3-8-21(20)22/h2-4,6-9,19,23,31H,5,10-18H2,1H3,(H,27,33)/t19-,23+/m0/s1. The zero-order chi connectivity index (χ0) is 23.0. The molecule has 2 aliphatic heterocycles. The van der Waals surface area contributed by atoms with Crippen molar-refractivity contribution in [1.29, 1.82) is 0 Å². The van der Waals surface area contributed by atoms with Crippen molar-refractivity contribution in [2.75, 3.05) is 44.6 Å². The van der Waals surface area contributed by atoms with Crippen molar-refractivity contribution in [3.63, 3.8) is 0 Å². The first-order valence-corrected chi connectivity index (χ1v) is 12.2. The molecule has 2 heterocycles. The lowest BCUT2D eigenvalue weighted by Gasteiger charge is -2.40. The summed E-state index contributed by atoms with van der Waals surface area (Å²) in [6.45, 7) is 6.28. The van der Waals surface area contributed by atoms with Crippen LogP contribution in [-0.4, -0.2) is 83.2 Å². The summed E-state index contributed by atoms with van der Waals surface area (Å²) < 4.78 is 0. The van der Waals surface area contributed by atoms with Crippen molar-refractivity contribution in [3.8, 4) is 0 Å². The van der Waals surface area contributed by atoms with E-state index in [4.69, 9.17) is 0 Å². The van der Waals surface area contributed by atoms with E-state index < -0.39 is 6.04 Å². The Morgan fingerprint density at radius 1 is 1.06 bits per heavy atom. The number of β-amino-alcohol motifs (C(OH)–C–C–N with tert-alkyl or cyclic N) is 1. The van der Waals surface area contributed by atoms with Gasteiger partial charge >= 0.3 is 6.03 Å². The van der Waals surface area contributed by atoms with Crippen LogP contribution in [-0.2, 0) is 4.79 Å². The SMILES string of the molecule is C[C@H]1C(=O)N(CCCN2CCC3(CC3)[C@H](O)C2)CCN1C(=O)Nc1cccc2ccccc12. The Balaban J connectivity index is 1.12. The van der Waals surface area contributed by atoms with Crippen LogP contribution in [0.15, 0.2) is 42.5 Å². The molecule has 2 aromatic carbocycles. The molecule has 176 valence electrons. The van der Waals surface area contributed by atoms with Crippen molar-refractivity contribution in [3.05, 3.63) is 42.5 Å². The van der Waals surface area contributed by atoms with Gasteiger partial charge in [0.15, 0.2) is 0 Å². The van der Waals surface area contributed by atoms with Gasteiger partial charge in [-0.05, 0) is 62.6 Å². The number of fused-ring (bicyclic) bond motifs is 1. The number of hydrogen-bond acceptors (Lipinski definition) is 4. The second kappa shape index (κ2) is 8.95. The summed E-state index contributed by atoms with van der Waals surface area (Å²) in [5.74, 6) is 0.00457. The summed E-state index contributed by atoms with van der Waals surface area (Å²) >= 11 is 0. The molecule has 3 aliphatic rings. The number of aliphatic hydroxyl groups is 1. The van der Waals surface area contributed by atoms with Crippen LogP contribution < -0.4 is 5.32 Å². The van der Waals surface area contributed by atoms with Crippen LogP contribution in [0.5, 0.6) is 0 Å². The fourth-order valence-corrected chi connectivity index (χ4v) is 5.46. The molecule has 0 bridgehead atoms. The van der Waals surface area contributed by atoms with Gasteiger partial charge in [-0.25, -0.2) is 4.79 Å². The molecule has 0 unspecified atom stereocenters. The number of carbonyl (C=O) groups is 2. The topological polar surface area (TPSA) is 76.1 Å². The Labute approximate surface area is 195 Å². The summed E-state index contributed by atoms with van der Waals surface area (Å²) in [5, 5.41) is 15.5. The van der Waals surface area contributed by atoms with Crippen molar-refractivity contribution >= 4 is 28.4 Å². The van der Waals surface area contributed by atoms with Gasteiger partial charge in [0.05, 0.1) is 11.8 Å². The highest BCUT2D eigenvalue weighted by molar-refractivity contribution is 6.02. The predicted octanol–water partition coefficient (Wildman–Crippen LogP) is 3.14. The number of benzene rings is 2. The van der Waals surface area contributed by atoms with Gasteiger partial charge < -0.3 is 25.1 Å².